The lowest BCUT2D eigenvalue weighted by molar-refractivity contribution is 0.142. The number of nitrogens with zero attached hydrogens (tertiary/aromatic N) is 4. The van der Waals surface area contributed by atoms with Crippen LogP contribution in [0.2, 0.25) is 0 Å². The predicted octanol–water partition coefficient (Wildman–Crippen LogP) is 3.26. The third kappa shape index (κ3) is 3.04. The zero-order valence-corrected chi connectivity index (χ0v) is 15.5. The number of carbonyl (C=O) groups is 1. The number of pyridine rings is 1. The summed E-state index contributed by atoms with van der Waals surface area (Å²) in [5, 5.41) is 10.7. The highest BCUT2D eigenvalue weighted by Crippen LogP contribution is 2.30. The summed E-state index contributed by atoms with van der Waals surface area (Å²) in [4.78, 5) is 20.5. The molecule has 6 nitrogen and oxygen atoms in total. The molecular weight excluding hydrogens is 352 g/mol. The molecule has 2 saturated heterocycles. The van der Waals surface area contributed by atoms with Gasteiger partial charge in [0.1, 0.15) is 18.5 Å². The van der Waals surface area contributed by atoms with E-state index in [1.165, 1.54) is 0 Å². The highest BCUT2D eigenvalue weighted by molar-refractivity contribution is 5.87. The average molecular weight is 373 g/mol. The van der Waals surface area contributed by atoms with Gasteiger partial charge in [-0.25, -0.2) is 9.78 Å². The summed E-state index contributed by atoms with van der Waals surface area (Å²) in [5.41, 5.74) is 2.55. The molecule has 2 fully saturated rings. The second kappa shape index (κ2) is 7.38. The van der Waals surface area contributed by atoms with Gasteiger partial charge in [0.05, 0.1) is 17.6 Å². The van der Waals surface area contributed by atoms with Crippen LogP contribution >= 0.6 is 12.4 Å². The molecule has 26 heavy (non-hydrogen) atoms. The smallest absolute Gasteiger partial charge is 0.410 e. The molecule has 0 spiro atoms. The SMILES string of the molecule is Cc1c(C#N)c(N2CCC(N3CCOC3=O)CC2)nc2ccccc12.Cl. The normalized spacial score (nSPS) is 17.8. The van der Waals surface area contributed by atoms with Crippen LogP contribution in [0.4, 0.5) is 10.6 Å². The minimum atomic E-state index is -0.198. The number of fused-ring (bicyclic) bond motifs is 1. The summed E-state index contributed by atoms with van der Waals surface area (Å²) in [6.07, 6.45) is 1.54. The number of carbonyl (C=O) groups excluding carboxylic acids is 1. The quantitative estimate of drug-likeness (QED) is 0.809. The largest absolute Gasteiger partial charge is 0.448 e. The third-order valence-electron chi connectivity index (χ3n) is 5.24. The van der Waals surface area contributed by atoms with Crippen LogP contribution in [0.25, 0.3) is 10.9 Å². The van der Waals surface area contributed by atoms with Crippen molar-refractivity contribution in [3.05, 3.63) is 35.4 Å². The number of benzene rings is 1. The molecule has 0 unspecified atom stereocenters. The van der Waals surface area contributed by atoms with E-state index in [0.717, 1.165) is 48.2 Å². The molecule has 0 bridgehead atoms. The third-order valence-corrected chi connectivity index (χ3v) is 5.24. The summed E-state index contributed by atoms with van der Waals surface area (Å²) >= 11 is 0. The first-order valence-corrected chi connectivity index (χ1v) is 8.67. The summed E-state index contributed by atoms with van der Waals surface area (Å²) in [6.45, 7) is 4.73. The zero-order chi connectivity index (χ0) is 17.4. The van der Waals surface area contributed by atoms with Crippen molar-refractivity contribution in [3.63, 3.8) is 0 Å². The summed E-state index contributed by atoms with van der Waals surface area (Å²) in [7, 11) is 0. The average Bonchev–Trinajstić information content (AvgIpc) is 3.08. The lowest BCUT2D eigenvalue weighted by Crippen LogP contribution is -2.45. The number of cyclic esters (lactones) is 1. The molecule has 136 valence electrons. The fraction of sp³-hybridized carbons (Fsp3) is 0.421. The molecular formula is C19H21ClN4O2. The van der Waals surface area contributed by atoms with E-state index in [2.05, 4.69) is 11.0 Å². The molecule has 1 aromatic heterocycles. The minimum Gasteiger partial charge on any atom is -0.448 e. The van der Waals surface area contributed by atoms with Crippen molar-refractivity contribution in [1.29, 1.82) is 5.26 Å². The van der Waals surface area contributed by atoms with Gasteiger partial charge < -0.3 is 14.5 Å². The Balaban J connectivity index is 0.00000196. The Morgan fingerprint density at radius 2 is 1.96 bits per heavy atom. The molecule has 0 atom stereocenters. The molecule has 7 heteroatoms. The Hall–Kier alpha value is -2.52. The highest BCUT2D eigenvalue weighted by Gasteiger charge is 2.33. The number of anilines is 1. The Kier molecular flexibility index (Phi) is 5.19. The molecule has 0 N–H and O–H groups in total. The highest BCUT2D eigenvalue weighted by atomic mass is 35.5. The van der Waals surface area contributed by atoms with Gasteiger partial charge in [-0.1, -0.05) is 18.2 Å². The van der Waals surface area contributed by atoms with Crippen LogP contribution < -0.4 is 4.90 Å². The van der Waals surface area contributed by atoms with Crippen molar-refractivity contribution in [2.45, 2.75) is 25.8 Å². The van der Waals surface area contributed by atoms with Gasteiger partial charge in [-0.05, 0) is 31.4 Å². The number of piperidine rings is 1. The van der Waals surface area contributed by atoms with E-state index in [0.29, 0.717) is 18.7 Å². The van der Waals surface area contributed by atoms with Gasteiger partial charge in [-0.2, -0.15) is 5.26 Å². The maximum absolute atomic E-state index is 11.8. The van der Waals surface area contributed by atoms with Gasteiger partial charge in [-0.3, -0.25) is 0 Å². The number of nitriles is 1. The molecule has 2 aromatic rings. The molecule has 2 aliphatic heterocycles. The molecule has 0 aliphatic carbocycles. The van der Waals surface area contributed by atoms with Gasteiger partial charge in [0.25, 0.3) is 0 Å². The van der Waals surface area contributed by atoms with Gasteiger partial charge >= 0.3 is 6.09 Å². The molecule has 3 heterocycles. The number of hydrogen-bond donors (Lipinski definition) is 0. The lowest BCUT2D eigenvalue weighted by Gasteiger charge is -2.36. The van der Waals surface area contributed by atoms with Gasteiger partial charge in [-0.15, -0.1) is 12.4 Å². The van der Waals surface area contributed by atoms with E-state index in [9.17, 15) is 10.1 Å². The second-order valence-electron chi connectivity index (χ2n) is 6.59. The van der Waals surface area contributed by atoms with E-state index >= 15 is 0 Å². The molecule has 1 aromatic carbocycles. The molecule has 0 radical (unpaired) electrons. The first-order valence-electron chi connectivity index (χ1n) is 8.67. The molecule has 0 saturated carbocycles. The van der Waals surface area contributed by atoms with Crippen molar-refractivity contribution < 1.29 is 9.53 Å². The van der Waals surface area contributed by atoms with Crippen LogP contribution in [0.3, 0.4) is 0 Å². The van der Waals surface area contributed by atoms with E-state index in [4.69, 9.17) is 9.72 Å². The standard InChI is InChI=1S/C19H20N4O2.ClH/c1-13-15-4-2-3-5-17(15)21-18(16(13)12-20)22-8-6-14(7-9-22)23-10-11-25-19(23)24;/h2-5,14H,6-11H2,1H3;1H. The number of para-hydroxylation sites is 1. The van der Waals surface area contributed by atoms with E-state index in [-0.39, 0.29) is 24.5 Å². The van der Waals surface area contributed by atoms with Crippen LogP contribution in [0.1, 0.15) is 24.0 Å². The van der Waals surface area contributed by atoms with Crippen LogP contribution in [-0.4, -0.2) is 48.3 Å². The monoisotopic (exact) mass is 372 g/mol. The first-order chi connectivity index (χ1) is 12.2. The van der Waals surface area contributed by atoms with E-state index < -0.39 is 0 Å². The first kappa shape index (κ1) is 18.3. The van der Waals surface area contributed by atoms with Gasteiger partial charge in [0.2, 0.25) is 0 Å². The molecule has 2 aliphatic rings. The Morgan fingerprint density at radius 1 is 1.23 bits per heavy atom. The zero-order valence-electron chi connectivity index (χ0n) is 14.6. The summed E-state index contributed by atoms with van der Waals surface area (Å²) in [5.74, 6) is 0.765. The Morgan fingerprint density at radius 3 is 2.62 bits per heavy atom. The maximum atomic E-state index is 11.8. The number of aryl methyl sites for hydroxylation is 1. The van der Waals surface area contributed by atoms with Crippen molar-refractivity contribution in [3.8, 4) is 6.07 Å². The number of ether oxygens (including phenoxy) is 1. The van der Waals surface area contributed by atoms with Crippen molar-refractivity contribution in [1.82, 2.24) is 9.88 Å². The number of rotatable bonds is 2. The Bertz CT molecular complexity index is 872. The predicted molar refractivity (Wildman–Crippen MR) is 102 cm³/mol. The fourth-order valence-electron chi connectivity index (χ4n) is 3.85. The Labute approximate surface area is 158 Å². The van der Waals surface area contributed by atoms with Crippen molar-refractivity contribution in [2.75, 3.05) is 31.1 Å². The molecule has 1 amide bonds. The maximum Gasteiger partial charge on any atom is 0.410 e. The number of aromatic nitrogens is 1. The van der Waals surface area contributed by atoms with E-state index in [1.807, 2.05) is 36.1 Å². The minimum absolute atomic E-state index is 0. The van der Waals surface area contributed by atoms with Crippen LogP contribution in [-0.2, 0) is 4.74 Å². The van der Waals surface area contributed by atoms with Crippen molar-refractivity contribution in [2.24, 2.45) is 0 Å². The van der Waals surface area contributed by atoms with Crippen LogP contribution in [0.5, 0.6) is 0 Å². The van der Waals surface area contributed by atoms with Crippen LogP contribution in [0, 0.1) is 18.3 Å². The number of halogens is 1. The van der Waals surface area contributed by atoms with Crippen molar-refractivity contribution >= 4 is 35.2 Å². The van der Waals surface area contributed by atoms with Gasteiger partial charge in [0.15, 0.2) is 0 Å². The summed E-state index contributed by atoms with van der Waals surface area (Å²) in [6, 6.07) is 10.5. The number of hydrogen-bond acceptors (Lipinski definition) is 5. The topological polar surface area (TPSA) is 69.5 Å². The van der Waals surface area contributed by atoms with Gasteiger partial charge in [0, 0.05) is 24.5 Å². The van der Waals surface area contributed by atoms with Crippen LogP contribution in [0.15, 0.2) is 24.3 Å². The molecule has 4 rings (SSSR count). The summed E-state index contributed by atoms with van der Waals surface area (Å²) < 4.78 is 5.05. The number of amides is 1. The second-order valence-corrected chi connectivity index (χ2v) is 6.59. The van der Waals surface area contributed by atoms with E-state index in [1.54, 1.807) is 0 Å². The lowest BCUT2D eigenvalue weighted by atomic mass is 10.0. The fourth-order valence-corrected chi connectivity index (χ4v) is 3.85.